The number of anilines is 1. The second-order valence-corrected chi connectivity index (χ2v) is 7.97. The molecule has 2 aliphatic heterocycles. The fourth-order valence-electron chi connectivity index (χ4n) is 3.38. The van der Waals surface area contributed by atoms with Crippen LogP contribution in [-0.2, 0) is 4.79 Å². The van der Waals surface area contributed by atoms with Gasteiger partial charge in [-0.3, -0.25) is 4.79 Å². The molecule has 2 fully saturated rings. The highest BCUT2D eigenvalue weighted by atomic mass is 35.5. The van der Waals surface area contributed by atoms with Gasteiger partial charge in [-0.2, -0.15) is 16.7 Å². The molecule has 0 unspecified atom stereocenters. The van der Waals surface area contributed by atoms with Gasteiger partial charge in [0.25, 0.3) is 6.01 Å². The lowest BCUT2D eigenvalue weighted by Gasteiger charge is -2.34. The lowest BCUT2D eigenvalue weighted by Crippen LogP contribution is -2.45. The first-order chi connectivity index (χ1) is 11.7. The van der Waals surface area contributed by atoms with Crippen molar-refractivity contribution in [3.8, 4) is 0 Å². The Morgan fingerprint density at radius 3 is 2.71 bits per heavy atom. The van der Waals surface area contributed by atoms with Crippen molar-refractivity contribution in [2.75, 3.05) is 42.6 Å². The third kappa shape index (κ3) is 3.22. The topological polar surface area (TPSA) is 49.6 Å². The number of carbonyl (C=O) groups excluding carboxylic acids is 1. The largest absolute Gasteiger partial charge is 0.423 e. The van der Waals surface area contributed by atoms with Crippen LogP contribution in [0.1, 0.15) is 12.8 Å². The minimum atomic E-state index is 0.142. The molecular weight excluding hydrogens is 346 g/mol. The average Bonchev–Trinajstić information content (AvgIpc) is 3.05. The SMILES string of the molecule is O=C(C1CCN(c2nc3ccc(Cl)cc3o2)CC1)N1CCSCC1. The maximum atomic E-state index is 12.6. The molecule has 5 nitrogen and oxygen atoms in total. The first-order valence-electron chi connectivity index (χ1n) is 8.38. The number of carbonyl (C=O) groups is 1. The van der Waals surface area contributed by atoms with E-state index < -0.39 is 0 Å². The number of hydrogen-bond acceptors (Lipinski definition) is 5. The zero-order chi connectivity index (χ0) is 16.5. The van der Waals surface area contributed by atoms with Crippen molar-refractivity contribution in [2.24, 2.45) is 5.92 Å². The van der Waals surface area contributed by atoms with Gasteiger partial charge in [0.2, 0.25) is 5.91 Å². The minimum absolute atomic E-state index is 0.142. The number of piperidine rings is 1. The maximum absolute atomic E-state index is 12.6. The molecule has 3 heterocycles. The van der Waals surface area contributed by atoms with Gasteiger partial charge in [-0.25, -0.2) is 0 Å². The number of fused-ring (bicyclic) bond motifs is 1. The predicted octanol–water partition coefficient (Wildman–Crippen LogP) is 3.27. The molecule has 0 atom stereocenters. The Hall–Kier alpha value is -1.40. The summed E-state index contributed by atoms with van der Waals surface area (Å²) in [5.41, 5.74) is 1.53. The first-order valence-corrected chi connectivity index (χ1v) is 9.91. The van der Waals surface area contributed by atoms with Crippen LogP contribution in [0.3, 0.4) is 0 Å². The molecular formula is C17H20ClN3O2S. The number of thioether (sulfide) groups is 1. The van der Waals surface area contributed by atoms with Crippen LogP contribution in [0.25, 0.3) is 11.1 Å². The summed E-state index contributed by atoms with van der Waals surface area (Å²) in [7, 11) is 0. The van der Waals surface area contributed by atoms with Crippen LogP contribution in [0.5, 0.6) is 0 Å². The molecule has 0 radical (unpaired) electrons. The minimum Gasteiger partial charge on any atom is -0.423 e. The number of amides is 1. The fraction of sp³-hybridized carbons (Fsp3) is 0.529. The second kappa shape index (κ2) is 6.84. The third-order valence-corrected chi connectivity index (χ3v) is 5.95. The molecule has 4 rings (SSSR count). The van der Waals surface area contributed by atoms with Crippen molar-refractivity contribution in [2.45, 2.75) is 12.8 Å². The highest BCUT2D eigenvalue weighted by Gasteiger charge is 2.30. The highest BCUT2D eigenvalue weighted by molar-refractivity contribution is 7.99. The van der Waals surface area contributed by atoms with E-state index in [0.717, 1.165) is 56.0 Å². The van der Waals surface area contributed by atoms with E-state index in [1.54, 1.807) is 6.07 Å². The summed E-state index contributed by atoms with van der Waals surface area (Å²) in [6.45, 7) is 3.41. The molecule has 0 bridgehead atoms. The number of halogens is 1. The van der Waals surface area contributed by atoms with E-state index in [-0.39, 0.29) is 5.92 Å². The maximum Gasteiger partial charge on any atom is 0.298 e. The van der Waals surface area contributed by atoms with E-state index in [9.17, 15) is 4.79 Å². The smallest absolute Gasteiger partial charge is 0.298 e. The van der Waals surface area contributed by atoms with Gasteiger partial charge >= 0.3 is 0 Å². The van der Waals surface area contributed by atoms with E-state index >= 15 is 0 Å². The summed E-state index contributed by atoms with van der Waals surface area (Å²) in [6, 6.07) is 6.11. The van der Waals surface area contributed by atoms with E-state index in [2.05, 4.69) is 9.88 Å². The zero-order valence-electron chi connectivity index (χ0n) is 13.4. The molecule has 0 spiro atoms. The molecule has 0 aliphatic carbocycles. The van der Waals surface area contributed by atoms with E-state index in [1.165, 1.54) is 0 Å². The number of nitrogens with zero attached hydrogens (tertiary/aromatic N) is 3. The third-order valence-electron chi connectivity index (χ3n) is 4.78. The molecule has 1 aromatic carbocycles. The van der Waals surface area contributed by atoms with E-state index in [4.69, 9.17) is 16.0 Å². The van der Waals surface area contributed by atoms with Gasteiger partial charge in [0.05, 0.1) is 0 Å². The Balaban J connectivity index is 1.40. The fourth-order valence-corrected chi connectivity index (χ4v) is 4.45. The average molecular weight is 366 g/mol. The van der Waals surface area contributed by atoms with Crippen LogP contribution in [-0.4, -0.2) is 53.5 Å². The van der Waals surface area contributed by atoms with Gasteiger partial charge < -0.3 is 14.2 Å². The van der Waals surface area contributed by atoms with Crippen LogP contribution in [0.4, 0.5) is 6.01 Å². The van der Waals surface area contributed by atoms with Crippen molar-refractivity contribution in [1.82, 2.24) is 9.88 Å². The van der Waals surface area contributed by atoms with Gasteiger partial charge in [-0.05, 0) is 25.0 Å². The number of aromatic nitrogens is 1. The lowest BCUT2D eigenvalue weighted by molar-refractivity contribution is -0.135. The predicted molar refractivity (Wildman–Crippen MR) is 97.9 cm³/mol. The van der Waals surface area contributed by atoms with Gasteiger partial charge in [0, 0.05) is 54.7 Å². The summed E-state index contributed by atoms with van der Waals surface area (Å²) in [5.74, 6) is 2.61. The molecule has 2 aromatic rings. The van der Waals surface area contributed by atoms with Crippen molar-refractivity contribution >= 4 is 46.4 Å². The summed E-state index contributed by atoms with van der Waals surface area (Å²) in [4.78, 5) is 21.3. The first kappa shape index (κ1) is 16.1. The van der Waals surface area contributed by atoms with Crippen LogP contribution >= 0.6 is 23.4 Å². The van der Waals surface area contributed by atoms with Crippen molar-refractivity contribution in [1.29, 1.82) is 0 Å². The number of oxazole rings is 1. The van der Waals surface area contributed by atoms with Gasteiger partial charge in [-0.15, -0.1) is 0 Å². The Morgan fingerprint density at radius 2 is 1.96 bits per heavy atom. The number of benzene rings is 1. The standard InChI is InChI=1S/C17H20ClN3O2S/c18-13-1-2-14-15(11-13)23-17(19-14)21-5-3-12(4-6-21)16(22)20-7-9-24-10-8-20/h1-2,11-12H,3-10H2. The van der Waals surface area contributed by atoms with Crippen LogP contribution in [0.2, 0.25) is 5.02 Å². The Labute approximate surface area is 150 Å². The van der Waals surface area contributed by atoms with Gasteiger partial charge in [-0.1, -0.05) is 11.6 Å². The molecule has 24 heavy (non-hydrogen) atoms. The van der Waals surface area contributed by atoms with E-state index in [0.29, 0.717) is 22.5 Å². The zero-order valence-corrected chi connectivity index (χ0v) is 15.0. The Morgan fingerprint density at radius 1 is 1.21 bits per heavy atom. The Kier molecular flexibility index (Phi) is 4.59. The number of rotatable bonds is 2. The Bertz CT molecular complexity index is 737. The molecule has 128 valence electrons. The molecule has 1 aromatic heterocycles. The quantitative estimate of drug-likeness (QED) is 0.817. The molecule has 7 heteroatoms. The van der Waals surface area contributed by atoms with E-state index in [1.807, 2.05) is 28.8 Å². The van der Waals surface area contributed by atoms with Crippen LogP contribution in [0.15, 0.2) is 22.6 Å². The normalized spacial score (nSPS) is 19.9. The lowest BCUT2D eigenvalue weighted by atomic mass is 9.95. The molecule has 0 saturated carbocycles. The summed E-state index contributed by atoms with van der Waals surface area (Å²) in [6.07, 6.45) is 1.73. The molecule has 1 amide bonds. The second-order valence-electron chi connectivity index (χ2n) is 6.31. The summed E-state index contributed by atoms with van der Waals surface area (Å²) in [5, 5.41) is 0.647. The summed E-state index contributed by atoms with van der Waals surface area (Å²) >= 11 is 7.93. The number of hydrogen-bond donors (Lipinski definition) is 0. The monoisotopic (exact) mass is 365 g/mol. The highest BCUT2D eigenvalue weighted by Crippen LogP contribution is 2.28. The van der Waals surface area contributed by atoms with Gasteiger partial charge in [0.15, 0.2) is 5.58 Å². The van der Waals surface area contributed by atoms with Crippen molar-refractivity contribution in [3.63, 3.8) is 0 Å². The summed E-state index contributed by atoms with van der Waals surface area (Å²) < 4.78 is 5.83. The molecule has 2 aliphatic rings. The molecule has 0 N–H and O–H groups in total. The van der Waals surface area contributed by atoms with Crippen LogP contribution < -0.4 is 4.90 Å². The van der Waals surface area contributed by atoms with Crippen LogP contribution in [0, 0.1) is 5.92 Å². The van der Waals surface area contributed by atoms with Crippen molar-refractivity contribution < 1.29 is 9.21 Å². The van der Waals surface area contributed by atoms with Crippen molar-refractivity contribution in [3.05, 3.63) is 23.2 Å². The van der Waals surface area contributed by atoms with Gasteiger partial charge in [0.1, 0.15) is 5.52 Å². The molecule has 2 saturated heterocycles.